The predicted octanol–water partition coefficient (Wildman–Crippen LogP) is 4.01. The van der Waals surface area contributed by atoms with Crippen molar-refractivity contribution in [3.8, 4) is 11.5 Å². The molecule has 0 bridgehead atoms. The van der Waals surface area contributed by atoms with Gasteiger partial charge in [0.2, 0.25) is 0 Å². The Hall–Kier alpha value is -2.73. The molecule has 6 heteroatoms. The first-order valence-electron chi connectivity index (χ1n) is 8.26. The summed E-state index contributed by atoms with van der Waals surface area (Å²) < 4.78 is 10.5. The molecule has 0 aliphatic rings. The summed E-state index contributed by atoms with van der Waals surface area (Å²) in [5.74, 6) is 2.21. The third-order valence-electron chi connectivity index (χ3n) is 3.74. The molecule has 1 N–H and O–H groups in total. The molecule has 3 rings (SSSR count). The molecule has 0 fully saturated rings. The van der Waals surface area contributed by atoms with Gasteiger partial charge in [-0.2, -0.15) is 4.98 Å². The average Bonchev–Trinajstić information content (AvgIpc) is 3.11. The van der Waals surface area contributed by atoms with Crippen LogP contribution in [0.25, 0.3) is 11.5 Å². The summed E-state index contributed by atoms with van der Waals surface area (Å²) in [5, 5.41) is 7.33. The lowest BCUT2D eigenvalue weighted by molar-refractivity contribution is 0.185. The van der Waals surface area contributed by atoms with Crippen LogP contribution in [0.4, 0.5) is 5.82 Å². The van der Waals surface area contributed by atoms with Crippen LogP contribution in [0.3, 0.4) is 0 Å². The first-order valence-corrected chi connectivity index (χ1v) is 8.26. The molecule has 3 aromatic rings. The van der Waals surface area contributed by atoms with Crippen molar-refractivity contribution in [2.75, 3.05) is 12.4 Å². The van der Waals surface area contributed by atoms with E-state index < -0.39 is 0 Å². The number of methoxy groups -OCH3 is 1. The maximum atomic E-state index is 5.34. The second-order valence-electron chi connectivity index (χ2n) is 6.15. The smallest absolute Gasteiger partial charge is 0.258 e. The number of hydrogen-bond acceptors (Lipinski definition) is 6. The Morgan fingerprint density at radius 3 is 2.76 bits per heavy atom. The predicted molar refractivity (Wildman–Crippen MR) is 96.1 cm³/mol. The summed E-state index contributed by atoms with van der Waals surface area (Å²) in [7, 11) is 1.70. The Balaban J connectivity index is 1.70. The van der Waals surface area contributed by atoms with Crippen LogP contribution in [-0.4, -0.2) is 22.2 Å². The van der Waals surface area contributed by atoms with Crippen molar-refractivity contribution in [2.24, 2.45) is 0 Å². The summed E-state index contributed by atoms with van der Waals surface area (Å²) in [5.41, 5.74) is 3.17. The lowest BCUT2D eigenvalue weighted by atomic mass is 10.1. The fourth-order valence-electron chi connectivity index (χ4n) is 2.44. The molecule has 0 spiro atoms. The molecule has 0 atom stereocenters. The first-order chi connectivity index (χ1) is 12.2. The van der Waals surface area contributed by atoms with E-state index in [9.17, 15) is 0 Å². The highest BCUT2D eigenvalue weighted by Gasteiger charge is 2.12. The number of benzene rings is 1. The Kier molecular flexibility index (Phi) is 5.40. The van der Waals surface area contributed by atoms with Crippen LogP contribution in [0.2, 0.25) is 0 Å². The van der Waals surface area contributed by atoms with Gasteiger partial charge >= 0.3 is 0 Å². The Morgan fingerprint density at radius 2 is 2.00 bits per heavy atom. The summed E-state index contributed by atoms with van der Waals surface area (Å²) in [4.78, 5) is 8.78. The van der Waals surface area contributed by atoms with Crippen molar-refractivity contribution in [3.63, 3.8) is 0 Å². The van der Waals surface area contributed by atoms with E-state index in [1.807, 2.05) is 38.1 Å². The second kappa shape index (κ2) is 7.90. The normalized spacial score (nSPS) is 11.0. The van der Waals surface area contributed by atoms with Gasteiger partial charge in [-0.3, -0.25) is 0 Å². The van der Waals surface area contributed by atoms with Gasteiger partial charge in [0.25, 0.3) is 5.89 Å². The van der Waals surface area contributed by atoms with Gasteiger partial charge in [-0.15, -0.1) is 0 Å². The molecule has 0 unspecified atom stereocenters. The topological polar surface area (TPSA) is 73.1 Å². The number of hydrogen-bond donors (Lipinski definition) is 1. The van der Waals surface area contributed by atoms with Gasteiger partial charge in [0.15, 0.2) is 5.82 Å². The summed E-state index contributed by atoms with van der Waals surface area (Å²) in [6, 6.07) is 12.0. The summed E-state index contributed by atoms with van der Waals surface area (Å²) in [6.07, 6.45) is 1.73. The zero-order chi connectivity index (χ0) is 17.6. The monoisotopic (exact) mass is 338 g/mol. The van der Waals surface area contributed by atoms with Crippen LogP contribution in [0.5, 0.6) is 0 Å². The second-order valence-corrected chi connectivity index (χ2v) is 6.15. The van der Waals surface area contributed by atoms with E-state index in [2.05, 4.69) is 32.6 Å². The van der Waals surface area contributed by atoms with E-state index in [0.717, 1.165) is 16.9 Å². The number of aromatic nitrogens is 3. The molecule has 6 nitrogen and oxygen atoms in total. The quantitative estimate of drug-likeness (QED) is 0.701. The highest BCUT2D eigenvalue weighted by molar-refractivity contribution is 5.58. The van der Waals surface area contributed by atoms with Crippen LogP contribution in [0, 0.1) is 0 Å². The lowest BCUT2D eigenvalue weighted by Gasteiger charge is -2.08. The molecule has 0 aliphatic carbocycles. The molecular weight excluding hydrogens is 316 g/mol. The van der Waals surface area contributed by atoms with Crippen molar-refractivity contribution < 1.29 is 9.26 Å². The molecule has 0 radical (unpaired) electrons. The van der Waals surface area contributed by atoms with Crippen LogP contribution >= 0.6 is 0 Å². The minimum atomic E-state index is 0.233. The van der Waals surface area contributed by atoms with Gasteiger partial charge in [0.05, 0.1) is 6.61 Å². The molecule has 2 aromatic heterocycles. The molecule has 0 aliphatic heterocycles. The number of nitrogens with one attached hydrogen (secondary N) is 1. The highest BCUT2D eigenvalue weighted by Crippen LogP contribution is 2.22. The number of ether oxygens (including phenoxy) is 1. The number of rotatable bonds is 7. The minimum absolute atomic E-state index is 0.233. The molecule has 1 aromatic carbocycles. The van der Waals surface area contributed by atoms with Gasteiger partial charge in [-0.25, -0.2) is 4.98 Å². The van der Waals surface area contributed by atoms with Crippen molar-refractivity contribution in [2.45, 2.75) is 32.9 Å². The number of anilines is 1. The molecule has 2 heterocycles. The molecule has 0 amide bonds. The van der Waals surface area contributed by atoms with E-state index in [0.29, 0.717) is 24.9 Å². The van der Waals surface area contributed by atoms with E-state index in [-0.39, 0.29) is 5.92 Å². The largest absolute Gasteiger partial charge is 0.380 e. The van der Waals surface area contributed by atoms with Crippen molar-refractivity contribution in [1.82, 2.24) is 15.1 Å². The van der Waals surface area contributed by atoms with Crippen LogP contribution in [-0.2, 0) is 17.9 Å². The Morgan fingerprint density at radius 1 is 1.16 bits per heavy atom. The van der Waals surface area contributed by atoms with Crippen molar-refractivity contribution in [1.29, 1.82) is 0 Å². The zero-order valence-electron chi connectivity index (χ0n) is 14.7. The van der Waals surface area contributed by atoms with Crippen molar-refractivity contribution in [3.05, 3.63) is 59.5 Å². The maximum Gasteiger partial charge on any atom is 0.258 e. The van der Waals surface area contributed by atoms with Gasteiger partial charge < -0.3 is 14.6 Å². The maximum absolute atomic E-state index is 5.34. The van der Waals surface area contributed by atoms with E-state index in [1.165, 1.54) is 5.56 Å². The highest BCUT2D eigenvalue weighted by atomic mass is 16.5. The van der Waals surface area contributed by atoms with Crippen LogP contribution in [0.1, 0.15) is 36.7 Å². The van der Waals surface area contributed by atoms with Gasteiger partial charge in [0.1, 0.15) is 5.82 Å². The van der Waals surface area contributed by atoms with E-state index in [4.69, 9.17) is 9.26 Å². The number of nitrogens with zero attached hydrogens (tertiary/aromatic N) is 3. The van der Waals surface area contributed by atoms with Crippen LogP contribution in [0.15, 0.2) is 47.1 Å². The fourth-order valence-corrected chi connectivity index (χ4v) is 2.44. The first kappa shape index (κ1) is 17.1. The number of pyridine rings is 1. The standard InChI is InChI=1S/C19H22N4O2/c1-13(2)18-22-19(25-23-18)16-7-8-20-17(10-16)21-11-14-5-4-6-15(9-14)12-24-3/h4-10,13H,11-12H2,1-3H3,(H,20,21). The fraction of sp³-hybridized carbons (Fsp3) is 0.316. The molecule has 0 saturated heterocycles. The Labute approximate surface area is 147 Å². The average molecular weight is 338 g/mol. The third kappa shape index (κ3) is 4.42. The minimum Gasteiger partial charge on any atom is -0.380 e. The lowest BCUT2D eigenvalue weighted by Crippen LogP contribution is -2.02. The van der Waals surface area contributed by atoms with Crippen molar-refractivity contribution >= 4 is 5.82 Å². The SMILES string of the molecule is COCc1cccc(CNc2cc(-c3nc(C(C)C)no3)ccn2)c1. The van der Waals surface area contributed by atoms with Crippen LogP contribution < -0.4 is 5.32 Å². The Bertz CT molecular complexity index is 830. The van der Waals surface area contributed by atoms with Gasteiger partial charge in [-0.05, 0) is 23.3 Å². The molecular formula is C19H22N4O2. The van der Waals surface area contributed by atoms with E-state index in [1.54, 1.807) is 13.3 Å². The summed E-state index contributed by atoms with van der Waals surface area (Å²) >= 11 is 0. The third-order valence-corrected chi connectivity index (χ3v) is 3.74. The molecule has 130 valence electrons. The summed E-state index contributed by atoms with van der Waals surface area (Å²) in [6.45, 7) is 5.35. The molecule has 25 heavy (non-hydrogen) atoms. The zero-order valence-corrected chi connectivity index (χ0v) is 14.7. The van der Waals surface area contributed by atoms with Gasteiger partial charge in [-0.1, -0.05) is 43.3 Å². The van der Waals surface area contributed by atoms with E-state index >= 15 is 0 Å². The van der Waals surface area contributed by atoms with Gasteiger partial charge in [0, 0.05) is 31.3 Å². The molecule has 0 saturated carbocycles.